The van der Waals surface area contributed by atoms with E-state index >= 15 is 0 Å². The number of fused-ring (bicyclic) bond motifs is 1. The topological polar surface area (TPSA) is 86.5 Å². The Kier molecular flexibility index (Phi) is 3.93. The fourth-order valence-electron chi connectivity index (χ4n) is 3.02. The van der Waals surface area contributed by atoms with Crippen molar-refractivity contribution in [2.75, 3.05) is 4.90 Å². The number of aromatic hydroxyl groups is 1. The molecule has 1 aromatic heterocycles. The van der Waals surface area contributed by atoms with Gasteiger partial charge in [-0.1, -0.05) is 29.5 Å². The zero-order valence-corrected chi connectivity index (χ0v) is 14.8. The predicted molar refractivity (Wildman–Crippen MR) is 94.1 cm³/mol. The largest absolute Gasteiger partial charge is 0.503 e. The molecule has 0 spiro atoms. The number of carbonyl (C=O) groups excluding carboxylic acids is 1. The van der Waals surface area contributed by atoms with E-state index in [2.05, 4.69) is 10.2 Å². The van der Waals surface area contributed by atoms with Crippen LogP contribution in [0.25, 0.3) is 10.6 Å². The summed E-state index contributed by atoms with van der Waals surface area (Å²) in [6.45, 7) is 1.49. The van der Waals surface area contributed by atoms with Gasteiger partial charge in [0.2, 0.25) is 0 Å². The second-order valence-corrected chi connectivity index (χ2v) is 7.33. The quantitative estimate of drug-likeness (QED) is 0.719. The van der Waals surface area contributed by atoms with Crippen molar-refractivity contribution in [1.82, 2.24) is 10.2 Å². The molecule has 138 valence electrons. The molecule has 1 atom stereocenters. The van der Waals surface area contributed by atoms with Crippen LogP contribution in [-0.2, 0) is 16.9 Å². The zero-order chi connectivity index (χ0) is 19.3. The Balaban J connectivity index is 1.65. The molecule has 2 aromatic carbocycles. The van der Waals surface area contributed by atoms with Gasteiger partial charge in [0.05, 0.1) is 12.2 Å². The highest BCUT2D eigenvalue weighted by Crippen LogP contribution is 2.41. The summed E-state index contributed by atoms with van der Waals surface area (Å²) in [5.41, 5.74) is -0.423. The number of nitrogens with zero attached hydrogens (tertiary/aromatic N) is 3. The van der Waals surface area contributed by atoms with Crippen LogP contribution in [0.2, 0.25) is 0 Å². The third-order valence-corrected chi connectivity index (χ3v) is 5.36. The van der Waals surface area contributed by atoms with E-state index in [1.165, 1.54) is 11.8 Å². The third kappa shape index (κ3) is 2.75. The summed E-state index contributed by atoms with van der Waals surface area (Å²) in [7, 11) is 0. The molecule has 0 aliphatic carbocycles. The van der Waals surface area contributed by atoms with Gasteiger partial charge in [0.15, 0.2) is 23.0 Å². The number of carbonyl (C=O) groups is 1. The van der Waals surface area contributed by atoms with Crippen molar-refractivity contribution in [1.29, 1.82) is 0 Å². The van der Waals surface area contributed by atoms with E-state index in [-0.39, 0.29) is 17.1 Å². The molecule has 3 aromatic rings. The lowest BCUT2D eigenvalue weighted by Gasteiger charge is -2.18. The number of hydrogen-bond acceptors (Lipinski definition) is 6. The summed E-state index contributed by atoms with van der Waals surface area (Å²) in [6.07, 6.45) is 0. The fraction of sp³-hybridized carbons (Fsp3) is 0.167. The first-order chi connectivity index (χ1) is 12.8. The van der Waals surface area contributed by atoms with Gasteiger partial charge in [0, 0.05) is 11.1 Å². The monoisotopic (exact) mass is 389 g/mol. The van der Waals surface area contributed by atoms with Crippen LogP contribution < -0.4 is 4.90 Å². The van der Waals surface area contributed by atoms with Crippen molar-refractivity contribution in [3.63, 3.8) is 0 Å². The number of para-hydroxylation sites is 1. The van der Waals surface area contributed by atoms with E-state index in [9.17, 15) is 23.8 Å². The van der Waals surface area contributed by atoms with Gasteiger partial charge >= 0.3 is 0 Å². The van der Waals surface area contributed by atoms with Gasteiger partial charge in [-0.2, -0.15) is 0 Å². The summed E-state index contributed by atoms with van der Waals surface area (Å²) < 4.78 is 27.1. The molecular weight excluding hydrogens is 376 g/mol. The second-order valence-electron chi connectivity index (χ2n) is 6.27. The number of anilines is 1. The van der Waals surface area contributed by atoms with Crippen molar-refractivity contribution >= 4 is 22.9 Å². The van der Waals surface area contributed by atoms with E-state index in [1.807, 2.05) is 0 Å². The van der Waals surface area contributed by atoms with E-state index in [0.717, 1.165) is 23.5 Å². The van der Waals surface area contributed by atoms with Gasteiger partial charge in [0.25, 0.3) is 5.91 Å². The number of phenolic OH excluding ortho intramolecular Hbond substituents is 1. The molecule has 1 aliphatic rings. The molecule has 1 aliphatic heterocycles. The van der Waals surface area contributed by atoms with Gasteiger partial charge in [-0.25, -0.2) is 8.78 Å². The van der Waals surface area contributed by atoms with Gasteiger partial charge in [0.1, 0.15) is 10.0 Å². The van der Waals surface area contributed by atoms with E-state index < -0.39 is 28.9 Å². The number of aromatic nitrogens is 2. The Morgan fingerprint density at radius 1 is 1.19 bits per heavy atom. The molecule has 9 heteroatoms. The first-order valence-electron chi connectivity index (χ1n) is 7.93. The number of amides is 1. The predicted octanol–water partition coefficient (Wildman–Crippen LogP) is 2.94. The molecule has 2 heterocycles. The minimum Gasteiger partial charge on any atom is -0.503 e. The van der Waals surface area contributed by atoms with Crippen LogP contribution in [0.15, 0.2) is 36.4 Å². The Bertz CT molecular complexity index is 1040. The molecule has 0 saturated carbocycles. The first kappa shape index (κ1) is 17.5. The smallest absolute Gasteiger partial charge is 0.263 e. The van der Waals surface area contributed by atoms with Crippen molar-refractivity contribution in [2.24, 2.45) is 0 Å². The molecule has 0 bridgehead atoms. The highest BCUT2D eigenvalue weighted by atomic mass is 32.1. The Morgan fingerprint density at radius 2 is 1.85 bits per heavy atom. The molecule has 1 amide bonds. The van der Waals surface area contributed by atoms with Crippen molar-refractivity contribution in [3.8, 4) is 16.3 Å². The van der Waals surface area contributed by atoms with E-state index in [0.29, 0.717) is 16.3 Å². The third-order valence-electron chi connectivity index (χ3n) is 4.40. The molecule has 6 nitrogen and oxygen atoms in total. The maximum atomic E-state index is 13.5. The van der Waals surface area contributed by atoms with Crippen LogP contribution in [0.5, 0.6) is 5.75 Å². The van der Waals surface area contributed by atoms with Crippen molar-refractivity contribution in [2.45, 2.75) is 19.1 Å². The average Bonchev–Trinajstić information content (AvgIpc) is 3.18. The molecule has 0 saturated heterocycles. The Morgan fingerprint density at radius 3 is 2.56 bits per heavy atom. The van der Waals surface area contributed by atoms with Gasteiger partial charge < -0.3 is 15.1 Å². The number of rotatable bonds is 3. The Hall–Kier alpha value is -2.91. The van der Waals surface area contributed by atoms with Crippen LogP contribution in [0.3, 0.4) is 0 Å². The lowest BCUT2D eigenvalue weighted by molar-refractivity contribution is -0.134. The normalized spacial score (nSPS) is 18.8. The lowest BCUT2D eigenvalue weighted by Crippen LogP contribution is -2.37. The molecular formula is C18H13F2N3O3S. The lowest BCUT2D eigenvalue weighted by atomic mass is 9.98. The number of aliphatic hydroxyl groups is 1. The molecule has 4 rings (SSSR count). The highest BCUT2D eigenvalue weighted by molar-refractivity contribution is 7.14. The van der Waals surface area contributed by atoms with Gasteiger partial charge in [-0.15, -0.1) is 10.2 Å². The summed E-state index contributed by atoms with van der Waals surface area (Å²) in [5.74, 6) is -3.73. The molecule has 0 radical (unpaired) electrons. The molecule has 1 unspecified atom stereocenters. The average molecular weight is 389 g/mol. The zero-order valence-electron chi connectivity index (χ0n) is 14.0. The maximum absolute atomic E-state index is 13.5. The van der Waals surface area contributed by atoms with Crippen LogP contribution in [-0.4, -0.2) is 26.3 Å². The Labute approximate surface area is 156 Å². The SMILES string of the molecule is CC1(O)C(=O)N(Cc2nnc(-c3cc(F)c(O)c(F)c3)s2)c2ccccc21. The van der Waals surface area contributed by atoms with Crippen LogP contribution in [0.1, 0.15) is 17.5 Å². The summed E-state index contributed by atoms with van der Waals surface area (Å²) in [5, 5.41) is 28.3. The standard InChI is InChI=1S/C18H13F2N3O3S/c1-18(26)10-4-2-3-5-13(10)23(17(18)25)8-14-21-22-16(27-14)9-6-11(19)15(24)12(20)7-9/h2-7,24,26H,8H2,1H3. The molecule has 2 N–H and O–H groups in total. The number of halogens is 2. The van der Waals surface area contributed by atoms with Crippen LogP contribution in [0, 0.1) is 11.6 Å². The number of hydrogen-bond donors (Lipinski definition) is 2. The maximum Gasteiger partial charge on any atom is 0.263 e. The summed E-state index contributed by atoms with van der Waals surface area (Å²) >= 11 is 1.06. The number of phenols is 1. The van der Waals surface area contributed by atoms with Crippen LogP contribution in [0.4, 0.5) is 14.5 Å². The summed E-state index contributed by atoms with van der Waals surface area (Å²) in [4.78, 5) is 14.0. The fourth-order valence-corrected chi connectivity index (χ4v) is 3.84. The van der Waals surface area contributed by atoms with E-state index in [4.69, 9.17) is 0 Å². The minimum absolute atomic E-state index is 0.0622. The first-order valence-corrected chi connectivity index (χ1v) is 8.75. The molecule has 0 fully saturated rings. The summed E-state index contributed by atoms with van der Waals surface area (Å²) in [6, 6.07) is 8.82. The minimum atomic E-state index is -1.63. The van der Waals surface area contributed by atoms with Crippen LogP contribution >= 0.6 is 11.3 Å². The molecule has 27 heavy (non-hydrogen) atoms. The van der Waals surface area contributed by atoms with E-state index in [1.54, 1.807) is 24.3 Å². The number of benzene rings is 2. The van der Waals surface area contributed by atoms with Gasteiger partial charge in [-0.3, -0.25) is 4.79 Å². The van der Waals surface area contributed by atoms with Crippen molar-refractivity contribution in [3.05, 3.63) is 58.6 Å². The van der Waals surface area contributed by atoms with Crippen molar-refractivity contribution < 1.29 is 23.8 Å². The highest BCUT2D eigenvalue weighted by Gasteiger charge is 2.46. The van der Waals surface area contributed by atoms with Gasteiger partial charge in [-0.05, 0) is 25.1 Å². The second kappa shape index (κ2) is 6.07.